The van der Waals surface area contributed by atoms with Gasteiger partial charge in [0.05, 0.1) is 5.56 Å². The summed E-state index contributed by atoms with van der Waals surface area (Å²) in [4.78, 5) is 21.7. The first-order valence-corrected chi connectivity index (χ1v) is 8.02. The second-order valence-electron chi connectivity index (χ2n) is 4.72. The maximum atomic E-state index is 11.2. The van der Waals surface area contributed by atoms with Crippen LogP contribution in [0.2, 0.25) is 0 Å². The van der Waals surface area contributed by atoms with Crippen molar-refractivity contribution in [3.05, 3.63) is 42.0 Å². The molecule has 4 nitrogen and oxygen atoms in total. The average molecular weight is 322 g/mol. The second-order valence-corrected chi connectivity index (χ2v) is 4.72. The number of carboxylic acid groups (broad SMARTS) is 1. The minimum Gasteiger partial charge on any atom is -0.486 e. The van der Waals surface area contributed by atoms with Crippen LogP contribution in [0.4, 0.5) is 0 Å². The predicted molar refractivity (Wildman–Crippen MR) is 95.3 cm³/mol. The average Bonchev–Trinajstić information content (AvgIpc) is 2.56. The number of hydrogen-bond donors (Lipinski definition) is 1. The monoisotopic (exact) mass is 322 g/mol. The summed E-state index contributed by atoms with van der Waals surface area (Å²) in [5.74, 6) is -0.423. The number of rotatable bonds is 7. The Morgan fingerprint density at radius 3 is 1.96 bits per heavy atom. The molecule has 0 amide bonds. The molecule has 0 bridgehead atoms. The number of benzene rings is 1. The van der Waals surface area contributed by atoms with Gasteiger partial charge in [-0.2, -0.15) is 0 Å². The number of hydrogen-bond acceptors (Lipinski definition) is 3. The Balaban J connectivity index is 0. The highest BCUT2D eigenvalue weighted by atomic mass is 16.5. The zero-order valence-electron chi connectivity index (χ0n) is 15.0. The number of carboxylic acids is 1. The summed E-state index contributed by atoms with van der Waals surface area (Å²) in [6.45, 7) is 13.8. The summed E-state index contributed by atoms with van der Waals surface area (Å²) in [6.07, 6.45) is 2.42. The van der Waals surface area contributed by atoms with Gasteiger partial charge >= 0.3 is 5.97 Å². The number of aromatic carboxylic acids is 1. The van der Waals surface area contributed by atoms with E-state index in [2.05, 4.69) is 13.5 Å². The van der Waals surface area contributed by atoms with Crippen LogP contribution in [0.25, 0.3) is 0 Å². The maximum Gasteiger partial charge on any atom is 0.335 e. The summed E-state index contributed by atoms with van der Waals surface area (Å²) >= 11 is 0. The summed E-state index contributed by atoms with van der Waals surface area (Å²) in [7, 11) is 0. The highest BCUT2D eigenvalue weighted by Gasteiger charge is 2.04. The number of allylic oxidation sites excluding steroid dienone is 1. The van der Waals surface area contributed by atoms with Gasteiger partial charge in [0.1, 0.15) is 12.4 Å². The van der Waals surface area contributed by atoms with E-state index in [0.717, 1.165) is 12.8 Å². The Bertz CT molecular complexity index is 461. The number of ether oxygens (including phenoxy) is 1. The van der Waals surface area contributed by atoms with Gasteiger partial charge in [-0.05, 0) is 44.0 Å². The first-order chi connectivity index (χ1) is 10.9. The third-order valence-corrected chi connectivity index (χ3v) is 2.63. The van der Waals surface area contributed by atoms with Crippen LogP contribution < -0.4 is 4.74 Å². The molecule has 0 radical (unpaired) electrons. The fourth-order valence-corrected chi connectivity index (χ4v) is 1.21. The van der Waals surface area contributed by atoms with E-state index >= 15 is 0 Å². The van der Waals surface area contributed by atoms with Crippen molar-refractivity contribution in [3.8, 4) is 5.75 Å². The van der Waals surface area contributed by atoms with Crippen LogP contribution in [0.3, 0.4) is 0 Å². The van der Waals surface area contributed by atoms with E-state index in [4.69, 9.17) is 9.84 Å². The van der Waals surface area contributed by atoms with Crippen molar-refractivity contribution < 1.29 is 19.4 Å². The number of Topliss-reactive ketones (excluding diaryl/α,β-unsaturated/α-hetero) is 1. The molecule has 0 fully saturated rings. The molecule has 0 atom stereocenters. The van der Waals surface area contributed by atoms with Gasteiger partial charge in [-0.15, -0.1) is 6.58 Å². The molecule has 0 aromatic heterocycles. The van der Waals surface area contributed by atoms with Crippen LogP contribution in [0.15, 0.2) is 36.4 Å². The SMILES string of the molecule is C=C(C)CC.CC.CCCC(=O)COc1ccc(C(=O)O)cc1. The standard InChI is InChI=1S/C12H14O4.C5H10.C2H6/c1-2-3-10(13)8-16-11-6-4-9(5-7-11)12(14)15;1-4-5(2)3;1-2/h4-7H,2-3,8H2,1H3,(H,14,15);2,4H2,1,3H3;1-2H3. The molecule has 23 heavy (non-hydrogen) atoms. The molecule has 1 N–H and O–H groups in total. The molecule has 0 aliphatic heterocycles. The first kappa shape index (κ1) is 23.2. The summed E-state index contributed by atoms with van der Waals surface area (Å²) < 4.78 is 5.21. The zero-order valence-corrected chi connectivity index (χ0v) is 15.0. The lowest BCUT2D eigenvalue weighted by Gasteiger charge is -2.04. The predicted octanol–water partition coefficient (Wildman–Crippen LogP) is 5.13. The number of carbonyl (C=O) groups is 2. The van der Waals surface area contributed by atoms with Crippen molar-refractivity contribution >= 4 is 11.8 Å². The van der Waals surface area contributed by atoms with Crippen molar-refractivity contribution in [2.75, 3.05) is 6.61 Å². The minimum absolute atomic E-state index is 0.0419. The largest absolute Gasteiger partial charge is 0.486 e. The molecule has 0 heterocycles. The summed E-state index contributed by atoms with van der Waals surface area (Å²) in [5.41, 5.74) is 1.46. The molecular formula is C19H30O4. The molecule has 130 valence electrons. The van der Waals surface area contributed by atoms with E-state index in [9.17, 15) is 9.59 Å². The van der Waals surface area contributed by atoms with Crippen LogP contribution in [0.5, 0.6) is 5.75 Å². The van der Waals surface area contributed by atoms with Crippen molar-refractivity contribution in [3.63, 3.8) is 0 Å². The maximum absolute atomic E-state index is 11.2. The lowest BCUT2D eigenvalue weighted by molar-refractivity contribution is -0.121. The van der Waals surface area contributed by atoms with E-state index in [1.165, 1.54) is 17.7 Å². The molecule has 0 spiro atoms. The van der Waals surface area contributed by atoms with Crippen LogP contribution in [0, 0.1) is 0 Å². The van der Waals surface area contributed by atoms with E-state index in [1.807, 2.05) is 27.7 Å². The normalized spacial score (nSPS) is 8.74. The quantitative estimate of drug-likeness (QED) is 0.707. The Labute approximate surface area is 140 Å². The van der Waals surface area contributed by atoms with E-state index in [1.54, 1.807) is 12.1 Å². The van der Waals surface area contributed by atoms with Crippen molar-refractivity contribution in [2.45, 2.75) is 53.9 Å². The van der Waals surface area contributed by atoms with Gasteiger partial charge in [-0.3, -0.25) is 4.79 Å². The molecule has 0 unspecified atom stereocenters. The van der Waals surface area contributed by atoms with Gasteiger partial charge in [0.25, 0.3) is 0 Å². The highest BCUT2D eigenvalue weighted by molar-refractivity contribution is 5.87. The Morgan fingerprint density at radius 2 is 1.61 bits per heavy atom. The van der Waals surface area contributed by atoms with Crippen LogP contribution in [-0.2, 0) is 4.79 Å². The van der Waals surface area contributed by atoms with Crippen molar-refractivity contribution in [1.82, 2.24) is 0 Å². The smallest absolute Gasteiger partial charge is 0.335 e. The van der Waals surface area contributed by atoms with E-state index in [0.29, 0.717) is 12.2 Å². The first-order valence-electron chi connectivity index (χ1n) is 8.02. The van der Waals surface area contributed by atoms with Crippen molar-refractivity contribution in [2.24, 2.45) is 0 Å². The second kappa shape index (κ2) is 14.8. The van der Waals surface area contributed by atoms with Gasteiger partial charge < -0.3 is 9.84 Å². The molecular weight excluding hydrogens is 292 g/mol. The fourth-order valence-electron chi connectivity index (χ4n) is 1.21. The van der Waals surface area contributed by atoms with Gasteiger partial charge in [-0.25, -0.2) is 4.79 Å². The fraction of sp³-hybridized carbons (Fsp3) is 0.474. The van der Waals surface area contributed by atoms with Gasteiger partial charge in [-0.1, -0.05) is 33.3 Å². The lowest BCUT2D eigenvalue weighted by Crippen LogP contribution is -2.10. The van der Waals surface area contributed by atoms with E-state index in [-0.39, 0.29) is 18.0 Å². The molecule has 1 aromatic rings. The minimum atomic E-state index is -0.978. The Morgan fingerprint density at radius 1 is 1.13 bits per heavy atom. The van der Waals surface area contributed by atoms with Gasteiger partial charge in [0.2, 0.25) is 0 Å². The van der Waals surface area contributed by atoms with Crippen LogP contribution in [0.1, 0.15) is 64.2 Å². The summed E-state index contributed by atoms with van der Waals surface area (Å²) in [6, 6.07) is 5.98. The lowest BCUT2D eigenvalue weighted by atomic mass is 10.2. The van der Waals surface area contributed by atoms with Crippen LogP contribution >= 0.6 is 0 Å². The molecule has 0 saturated carbocycles. The van der Waals surface area contributed by atoms with Crippen LogP contribution in [-0.4, -0.2) is 23.5 Å². The Kier molecular flexibility index (Phi) is 14.9. The summed E-state index contributed by atoms with van der Waals surface area (Å²) in [5, 5.41) is 8.67. The highest BCUT2D eigenvalue weighted by Crippen LogP contribution is 2.12. The third kappa shape index (κ3) is 13.3. The molecule has 0 aliphatic rings. The molecule has 1 aromatic carbocycles. The molecule has 0 saturated heterocycles. The molecule has 0 aliphatic carbocycles. The molecule has 1 rings (SSSR count). The molecule has 4 heteroatoms. The third-order valence-electron chi connectivity index (χ3n) is 2.63. The van der Waals surface area contributed by atoms with E-state index < -0.39 is 5.97 Å². The van der Waals surface area contributed by atoms with Gasteiger partial charge in [0, 0.05) is 6.42 Å². The number of ketones is 1. The number of carbonyl (C=O) groups excluding carboxylic acids is 1. The van der Waals surface area contributed by atoms with Crippen molar-refractivity contribution in [1.29, 1.82) is 0 Å². The Hall–Kier alpha value is -2.10. The zero-order chi connectivity index (χ0) is 18.3. The van der Waals surface area contributed by atoms with Gasteiger partial charge in [0.15, 0.2) is 5.78 Å². The topological polar surface area (TPSA) is 63.6 Å².